The molecule has 0 spiro atoms. The third kappa shape index (κ3) is 5.36. The van der Waals surface area contributed by atoms with E-state index in [0.717, 1.165) is 10.8 Å². The van der Waals surface area contributed by atoms with Crippen LogP contribution < -0.4 is 29.6 Å². The Labute approximate surface area is 180 Å². The Balaban J connectivity index is 0.000000176. The number of rotatable bonds is 2. The maximum absolute atomic E-state index is 11.1. The molecule has 8 heteroatoms. The van der Waals surface area contributed by atoms with E-state index in [4.69, 9.17) is 18.9 Å². The van der Waals surface area contributed by atoms with Crippen molar-refractivity contribution in [2.75, 3.05) is 14.1 Å². The quantitative estimate of drug-likeness (QED) is 0.630. The molecule has 0 saturated heterocycles. The molecular weight excluding hydrogens is 400 g/mol. The largest absolute Gasteiger partial charge is 0.449 e. The molecule has 0 bridgehead atoms. The van der Waals surface area contributed by atoms with Crippen molar-refractivity contribution in [3.63, 3.8) is 0 Å². The lowest BCUT2D eigenvalue weighted by Crippen LogP contribution is -2.30. The summed E-state index contributed by atoms with van der Waals surface area (Å²) >= 11 is 0. The fourth-order valence-corrected chi connectivity index (χ4v) is 2.87. The number of hydrogen-bond acceptors (Lipinski definition) is 6. The number of hydrogen-bond donors (Lipinski definition) is 2. The fraction of sp³-hybridized carbons (Fsp3) is 0.217. The molecule has 2 N–H and O–H groups in total. The Kier molecular flexibility index (Phi) is 6.49. The van der Waals surface area contributed by atoms with Gasteiger partial charge < -0.3 is 29.6 Å². The summed E-state index contributed by atoms with van der Waals surface area (Å²) < 4.78 is 21.2. The van der Waals surface area contributed by atoms with Gasteiger partial charge in [-0.25, -0.2) is 9.59 Å². The van der Waals surface area contributed by atoms with Crippen LogP contribution in [-0.2, 0) is 0 Å². The molecular formula is C23H24N2O6. The average Bonchev–Trinajstić information content (AvgIpc) is 3.09. The number of nitrogens with one attached hydrogen (secondary N) is 2. The second kappa shape index (κ2) is 9.25. The maximum atomic E-state index is 11.1. The number of amides is 2. The summed E-state index contributed by atoms with van der Waals surface area (Å²) in [5.74, 6) is 1.22. The minimum atomic E-state index is -0.732. The van der Waals surface area contributed by atoms with Crippen LogP contribution in [0.2, 0.25) is 0 Å². The Morgan fingerprint density at radius 3 is 2.06 bits per heavy atom. The van der Waals surface area contributed by atoms with Gasteiger partial charge in [0.15, 0.2) is 11.5 Å². The van der Waals surface area contributed by atoms with Crippen molar-refractivity contribution in [3.05, 3.63) is 60.7 Å². The summed E-state index contributed by atoms with van der Waals surface area (Å²) in [7, 11) is 3.03. The summed E-state index contributed by atoms with van der Waals surface area (Å²) in [6, 6.07) is 18.5. The highest BCUT2D eigenvalue weighted by molar-refractivity contribution is 5.90. The van der Waals surface area contributed by atoms with Crippen LogP contribution in [0.25, 0.3) is 10.8 Å². The lowest BCUT2D eigenvalue weighted by molar-refractivity contribution is -0.0438. The molecule has 8 nitrogen and oxygen atoms in total. The molecule has 0 atom stereocenters. The van der Waals surface area contributed by atoms with Gasteiger partial charge in [-0.2, -0.15) is 0 Å². The van der Waals surface area contributed by atoms with Crippen molar-refractivity contribution in [1.82, 2.24) is 10.6 Å². The highest BCUT2D eigenvalue weighted by atomic mass is 16.7. The number of ether oxygens (including phenoxy) is 4. The monoisotopic (exact) mass is 424 g/mol. The van der Waals surface area contributed by atoms with Crippen LogP contribution in [0.5, 0.6) is 23.0 Å². The van der Waals surface area contributed by atoms with Gasteiger partial charge in [0, 0.05) is 33.3 Å². The predicted octanol–water partition coefficient (Wildman–Crippen LogP) is 4.47. The van der Waals surface area contributed by atoms with Gasteiger partial charge in [-0.3, -0.25) is 0 Å². The summed E-state index contributed by atoms with van der Waals surface area (Å²) in [5, 5.41) is 6.77. The van der Waals surface area contributed by atoms with E-state index in [9.17, 15) is 9.59 Å². The number of benzene rings is 3. The van der Waals surface area contributed by atoms with Crippen molar-refractivity contribution >= 4 is 23.0 Å². The van der Waals surface area contributed by atoms with Crippen molar-refractivity contribution in [2.45, 2.75) is 19.6 Å². The van der Waals surface area contributed by atoms with Gasteiger partial charge in [0.05, 0.1) is 0 Å². The molecule has 162 valence electrons. The highest BCUT2D eigenvalue weighted by Gasteiger charge is 2.34. The second-order valence-corrected chi connectivity index (χ2v) is 6.94. The molecule has 2 amide bonds. The lowest BCUT2D eigenvalue weighted by Gasteiger charge is -2.16. The van der Waals surface area contributed by atoms with E-state index in [1.54, 1.807) is 38.1 Å². The van der Waals surface area contributed by atoms with E-state index in [1.165, 1.54) is 14.1 Å². The van der Waals surface area contributed by atoms with Gasteiger partial charge in [-0.05, 0) is 23.6 Å². The number of carbonyl (C=O) groups is 2. The molecule has 0 aromatic heterocycles. The van der Waals surface area contributed by atoms with Gasteiger partial charge in [0.2, 0.25) is 11.5 Å². The van der Waals surface area contributed by atoms with Crippen molar-refractivity contribution in [1.29, 1.82) is 0 Å². The molecule has 3 aromatic carbocycles. The third-order valence-corrected chi connectivity index (χ3v) is 4.21. The van der Waals surface area contributed by atoms with Crippen molar-refractivity contribution in [2.24, 2.45) is 0 Å². The topological polar surface area (TPSA) is 95.1 Å². The molecule has 1 aliphatic heterocycles. The second-order valence-electron chi connectivity index (χ2n) is 6.94. The number of carbonyl (C=O) groups excluding carboxylic acids is 2. The molecule has 4 rings (SSSR count). The first-order valence-electron chi connectivity index (χ1n) is 9.61. The summed E-state index contributed by atoms with van der Waals surface area (Å²) in [6.45, 7) is 3.58. The zero-order valence-electron chi connectivity index (χ0n) is 17.7. The fourth-order valence-electron chi connectivity index (χ4n) is 2.87. The van der Waals surface area contributed by atoms with Crippen LogP contribution >= 0.6 is 0 Å². The number of para-hydroxylation sites is 1. The molecule has 0 radical (unpaired) electrons. The lowest BCUT2D eigenvalue weighted by atomic mass is 10.1. The molecule has 0 aliphatic carbocycles. The van der Waals surface area contributed by atoms with Crippen LogP contribution in [-0.4, -0.2) is 32.1 Å². The zero-order valence-corrected chi connectivity index (χ0v) is 17.7. The van der Waals surface area contributed by atoms with E-state index in [1.807, 2.05) is 36.4 Å². The zero-order chi connectivity index (χ0) is 22.4. The first kappa shape index (κ1) is 21.8. The normalized spacial score (nSPS) is 12.9. The molecule has 31 heavy (non-hydrogen) atoms. The molecule has 0 saturated carbocycles. The van der Waals surface area contributed by atoms with Crippen LogP contribution in [0.1, 0.15) is 13.8 Å². The van der Waals surface area contributed by atoms with Crippen LogP contribution in [0, 0.1) is 0 Å². The molecule has 1 heterocycles. The first-order chi connectivity index (χ1) is 14.8. The highest BCUT2D eigenvalue weighted by Crippen LogP contribution is 2.45. The summed E-state index contributed by atoms with van der Waals surface area (Å²) in [5.41, 5.74) is 0. The average molecular weight is 424 g/mol. The van der Waals surface area contributed by atoms with Gasteiger partial charge in [-0.15, -0.1) is 0 Å². The van der Waals surface area contributed by atoms with E-state index < -0.39 is 18.0 Å². The van der Waals surface area contributed by atoms with Gasteiger partial charge in [0.1, 0.15) is 5.75 Å². The minimum Gasteiger partial charge on any atom is -0.449 e. The van der Waals surface area contributed by atoms with Crippen LogP contribution in [0.15, 0.2) is 60.7 Å². The number of fused-ring (bicyclic) bond motifs is 2. The van der Waals surface area contributed by atoms with E-state index in [0.29, 0.717) is 23.0 Å². The Morgan fingerprint density at radius 2 is 1.35 bits per heavy atom. The SMILES string of the molecule is CNC(=O)Oc1cccc2c1OC(C)(C)O2.CNC(=O)Oc1cccc2ccccc12. The van der Waals surface area contributed by atoms with E-state index in [2.05, 4.69) is 10.6 Å². The van der Waals surface area contributed by atoms with Crippen LogP contribution in [0.4, 0.5) is 9.59 Å². The Bertz CT molecular complexity index is 1090. The summed E-state index contributed by atoms with van der Waals surface area (Å²) in [4.78, 5) is 22.2. The van der Waals surface area contributed by atoms with Crippen molar-refractivity contribution in [3.8, 4) is 23.0 Å². The smallest absolute Gasteiger partial charge is 0.412 e. The Hall–Kier alpha value is -3.94. The molecule has 0 unspecified atom stereocenters. The van der Waals surface area contributed by atoms with E-state index >= 15 is 0 Å². The van der Waals surface area contributed by atoms with Gasteiger partial charge in [0.25, 0.3) is 0 Å². The van der Waals surface area contributed by atoms with Gasteiger partial charge >= 0.3 is 12.2 Å². The van der Waals surface area contributed by atoms with Gasteiger partial charge in [-0.1, -0.05) is 42.5 Å². The third-order valence-electron chi connectivity index (χ3n) is 4.21. The molecule has 0 fully saturated rings. The van der Waals surface area contributed by atoms with Crippen molar-refractivity contribution < 1.29 is 28.5 Å². The molecule has 1 aliphatic rings. The van der Waals surface area contributed by atoms with E-state index in [-0.39, 0.29) is 0 Å². The maximum Gasteiger partial charge on any atom is 0.412 e. The minimum absolute atomic E-state index is 0.349. The molecule has 3 aromatic rings. The van der Waals surface area contributed by atoms with Crippen LogP contribution in [0.3, 0.4) is 0 Å². The first-order valence-corrected chi connectivity index (χ1v) is 9.61. The standard InChI is InChI=1S/C12H11NO2.C11H13NO4/c1-13-12(14)15-11-8-4-6-9-5-2-3-7-10(9)11;1-11(2)15-8-6-4-5-7(9(8)16-11)14-10(13)12-3/h2-8H,1H3,(H,13,14);4-6H,1-3H3,(H,12,13). The summed E-state index contributed by atoms with van der Waals surface area (Å²) in [6.07, 6.45) is -0.993. The Morgan fingerprint density at radius 1 is 0.774 bits per heavy atom. The predicted molar refractivity (Wildman–Crippen MR) is 116 cm³/mol.